The van der Waals surface area contributed by atoms with E-state index in [0.29, 0.717) is 0 Å². The smallest absolute Gasteiger partial charge is 0.116 e. The van der Waals surface area contributed by atoms with Crippen LogP contribution >= 0.6 is 0 Å². The zero-order valence-corrected chi connectivity index (χ0v) is 7.12. The first-order valence-corrected chi connectivity index (χ1v) is 3.86. The van der Waals surface area contributed by atoms with E-state index in [9.17, 15) is 5.11 Å². The van der Waals surface area contributed by atoms with Crippen LogP contribution in [-0.2, 0) is 0 Å². The van der Waals surface area contributed by atoms with Gasteiger partial charge in [0.15, 0.2) is 0 Å². The van der Waals surface area contributed by atoms with Crippen LogP contribution in [0.5, 0.6) is 5.75 Å². The Morgan fingerprint density at radius 2 is 2.08 bits per heavy atom. The van der Waals surface area contributed by atoms with E-state index in [1.807, 2.05) is 25.1 Å². The van der Waals surface area contributed by atoms with Gasteiger partial charge in [-0.05, 0) is 30.2 Å². The van der Waals surface area contributed by atoms with Gasteiger partial charge in [-0.1, -0.05) is 30.9 Å². The molecule has 0 aliphatic heterocycles. The van der Waals surface area contributed by atoms with Gasteiger partial charge < -0.3 is 5.11 Å². The molecule has 1 aromatic carbocycles. The molecule has 1 N–H and O–H groups in total. The molecule has 0 aliphatic carbocycles. The second-order valence-electron chi connectivity index (χ2n) is 2.52. The van der Waals surface area contributed by atoms with Crippen molar-refractivity contribution in [1.82, 2.24) is 0 Å². The van der Waals surface area contributed by atoms with Crippen LogP contribution in [0.15, 0.2) is 30.9 Å². The average Bonchev–Trinajstić information content (AvgIpc) is 2.05. The monoisotopic (exact) mass is 160 g/mol. The molecule has 0 amide bonds. The molecule has 0 aliphatic rings. The zero-order valence-electron chi connectivity index (χ0n) is 7.12. The zero-order chi connectivity index (χ0) is 8.97. The van der Waals surface area contributed by atoms with Crippen LogP contribution in [0.25, 0.3) is 12.2 Å². The van der Waals surface area contributed by atoms with Gasteiger partial charge in [-0.15, -0.1) is 0 Å². The topological polar surface area (TPSA) is 20.2 Å². The van der Waals surface area contributed by atoms with E-state index < -0.39 is 0 Å². The Hall–Kier alpha value is -1.50. The molecular weight excluding hydrogens is 148 g/mol. The molecule has 0 heterocycles. The predicted octanol–water partition coefficient (Wildman–Crippen LogP) is 3.07. The van der Waals surface area contributed by atoms with Crippen molar-refractivity contribution in [3.63, 3.8) is 0 Å². The minimum atomic E-state index is 0.286. The van der Waals surface area contributed by atoms with Gasteiger partial charge in [-0.3, -0.25) is 0 Å². The highest BCUT2D eigenvalue weighted by Crippen LogP contribution is 2.18. The van der Waals surface area contributed by atoms with Gasteiger partial charge >= 0.3 is 0 Å². The summed E-state index contributed by atoms with van der Waals surface area (Å²) in [5.41, 5.74) is 2.03. The Kier molecular flexibility index (Phi) is 2.70. The van der Waals surface area contributed by atoms with Crippen LogP contribution in [-0.4, -0.2) is 5.11 Å². The molecule has 0 radical (unpaired) electrons. The van der Waals surface area contributed by atoms with E-state index in [1.54, 1.807) is 18.2 Å². The van der Waals surface area contributed by atoms with Crippen LogP contribution in [0, 0.1) is 0 Å². The minimum absolute atomic E-state index is 0.286. The summed E-state index contributed by atoms with van der Waals surface area (Å²) in [6.45, 7) is 5.63. The predicted molar refractivity (Wildman–Crippen MR) is 52.9 cm³/mol. The van der Waals surface area contributed by atoms with E-state index >= 15 is 0 Å². The van der Waals surface area contributed by atoms with Crippen LogP contribution in [0.2, 0.25) is 0 Å². The Morgan fingerprint density at radius 3 is 2.67 bits per heavy atom. The van der Waals surface area contributed by atoms with Crippen molar-refractivity contribution in [3.8, 4) is 5.75 Å². The second kappa shape index (κ2) is 3.77. The number of rotatable bonds is 2. The minimum Gasteiger partial charge on any atom is -0.508 e. The Morgan fingerprint density at radius 1 is 1.33 bits per heavy atom. The number of aromatic hydroxyl groups is 1. The third kappa shape index (κ3) is 1.76. The highest BCUT2D eigenvalue weighted by Gasteiger charge is 1.95. The van der Waals surface area contributed by atoms with Gasteiger partial charge in [0.2, 0.25) is 0 Å². The van der Waals surface area contributed by atoms with E-state index in [2.05, 4.69) is 6.58 Å². The van der Waals surface area contributed by atoms with Crippen LogP contribution in [0.4, 0.5) is 0 Å². The summed E-state index contributed by atoms with van der Waals surface area (Å²) in [7, 11) is 0. The molecule has 0 saturated heterocycles. The lowest BCUT2D eigenvalue weighted by Crippen LogP contribution is -1.78. The van der Waals surface area contributed by atoms with Gasteiger partial charge in [0.25, 0.3) is 0 Å². The maximum atomic E-state index is 9.19. The van der Waals surface area contributed by atoms with E-state index in [0.717, 1.165) is 11.1 Å². The molecule has 0 bridgehead atoms. The molecule has 0 unspecified atom stereocenters. The lowest BCUT2D eigenvalue weighted by Gasteiger charge is -2.00. The summed E-state index contributed by atoms with van der Waals surface area (Å²) in [4.78, 5) is 0. The third-order valence-corrected chi connectivity index (χ3v) is 1.64. The van der Waals surface area contributed by atoms with Crippen molar-refractivity contribution >= 4 is 12.2 Å². The van der Waals surface area contributed by atoms with Crippen LogP contribution < -0.4 is 0 Å². The number of phenols is 1. The van der Waals surface area contributed by atoms with Gasteiger partial charge in [0, 0.05) is 0 Å². The van der Waals surface area contributed by atoms with Crippen molar-refractivity contribution in [2.24, 2.45) is 0 Å². The lowest BCUT2D eigenvalue weighted by molar-refractivity contribution is 0.475. The molecule has 0 spiro atoms. The number of phenolic OH excluding ortho intramolecular Hbond substituents is 1. The summed E-state index contributed by atoms with van der Waals surface area (Å²) in [6, 6.07) is 5.22. The first-order chi connectivity index (χ1) is 5.77. The number of hydrogen-bond donors (Lipinski definition) is 1. The largest absolute Gasteiger partial charge is 0.508 e. The normalized spacial score (nSPS) is 10.4. The Labute approximate surface area is 72.7 Å². The maximum Gasteiger partial charge on any atom is 0.116 e. The van der Waals surface area contributed by atoms with Crippen molar-refractivity contribution in [2.45, 2.75) is 6.92 Å². The molecule has 1 nitrogen and oxygen atoms in total. The average molecular weight is 160 g/mol. The fraction of sp³-hybridized carbons (Fsp3) is 0.0909. The quantitative estimate of drug-likeness (QED) is 0.704. The Bertz CT molecular complexity index is 311. The van der Waals surface area contributed by atoms with Gasteiger partial charge in [-0.25, -0.2) is 0 Å². The first kappa shape index (κ1) is 8.60. The van der Waals surface area contributed by atoms with Gasteiger partial charge in [0.05, 0.1) is 0 Å². The van der Waals surface area contributed by atoms with Crippen molar-refractivity contribution < 1.29 is 5.11 Å². The van der Waals surface area contributed by atoms with Crippen molar-refractivity contribution in [2.75, 3.05) is 0 Å². The maximum absolute atomic E-state index is 9.19. The SMILES string of the molecule is C=Cc1ccc(O)cc1/C=C\C. The summed E-state index contributed by atoms with van der Waals surface area (Å²) in [5.74, 6) is 0.286. The molecule has 0 fully saturated rings. The first-order valence-electron chi connectivity index (χ1n) is 3.86. The lowest BCUT2D eigenvalue weighted by atomic mass is 10.1. The molecule has 62 valence electrons. The standard InChI is InChI=1S/C11H12O/c1-3-5-10-8-11(12)7-6-9(10)4-2/h3-8,12H,2H2,1H3/b5-3-. The number of hydrogen-bond acceptors (Lipinski definition) is 1. The summed E-state index contributed by atoms with van der Waals surface area (Å²) >= 11 is 0. The van der Waals surface area contributed by atoms with Crippen LogP contribution in [0.3, 0.4) is 0 Å². The molecule has 1 aromatic rings. The highest BCUT2D eigenvalue weighted by atomic mass is 16.3. The fourth-order valence-corrected chi connectivity index (χ4v) is 1.07. The van der Waals surface area contributed by atoms with Crippen LogP contribution in [0.1, 0.15) is 18.1 Å². The molecule has 0 aromatic heterocycles. The van der Waals surface area contributed by atoms with Gasteiger partial charge in [-0.2, -0.15) is 0 Å². The Balaban J connectivity index is 3.20. The van der Waals surface area contributed by atoms with Crippen molar-refractivity contribution in [3.05, 3.63) is 42.0 Å². The van der Waals surface area contributed by atoms with E-state index in [1.165, 1.54) is 0 Å². The van der Waals surface area contributed by atoms with E-state index in [-0.39, 0.29) is 5.75 Å². The fourth-order valence-electron chi connectivity index (χ4n) is 1.07. The molecule has 0 saturated carbocycles. The van der Waals surface area contributed by atoms with Gasteiger partial charge in [0.1, 0.15) is 5.75 Å². The second-order valence-corrected chi connectivity index (χ2v) is 2.52. The summed E-state index contributed by atoms with van der Waals surface area (Å²) < 4.78 is 0. The molecular formula is C11H12O. The summed E-state index contributed by atoms with van der Waals surface area (Å²) in [6.07, 6.45) is 5.65. The third-order valence-electron chi connectivity index (χ3n) is 1.64. The number of benzene rings is 1. The number of allylic oxidation sites excluding steroid dienone is 1. The summed E-state index contributed by atoms with van der Waals surface area (Å²) in [5, 5.41) is 9.19. The molecule has 0 atom stereocenters. The van der Waals surface area contributed by atoms with Crippen molar-refractivity contribution in [1.29, 1.82) is 0 Å². The molecule has 1 rings (SSSR count). The van der Waals surface area contributed by atoms with E-state index in [4.69, 9.17) is 0 Å². The molecule has 12 heavy (non-hydrogen) atoms. The highest BCUT2D eigenvalue weighted by molar-refractivity contribution is 5.65. The molecule has 1 heteroatoms.